The van der Waals surface area contributed by atoms with Gasteiger partial charge in [-0.15, -0.1) is 5.10 Å². The van der Waals surface area contributed by atoms with Crippen LogP contribution in [0.2, 0.25) is 0 Å². The maximum atomic E-state index is 12.5. The Morgan fingerprint density at radius 1 is 1.17 bits per heavy atom. The van der Waals surface area contributed by atoms with Crippen molar-refractivity contribution >= 4 is 5.97 Å². The van der Waals surface area contributed by atoms with Gasteiger partial charge in [0.05, 0.1) is 36.5 Å². The molecule has 0 amide bonds. The molecular weight excluding hydrogens is 384 g/mol. The predicted molar refractivity (Wildman–Crippen MR) is 110 cm³/mol. The first-order valence-electron chi connectivity index (χ1n) is 10.2. The molecule has 0 N–H and O–H groups in total. The SMILES string of the molecule is CCOC(=O)c1ncn2c1Cc1c(CN(CC)CC)nnn1-c1cc(OC)ccc1-2. The Hall–Kier alpha value is -3.20. The van der Waals surface area contributed by atoms with Crippen LogP contribution in [0.3, 0.4) is 0 Å². The number of benzene rings is 1. The molecule has 0 spiro atoms. The normalized spacial score (nSPS) is 12.2. The quantitative estimate of drug-likeness (QED) is 0.432. The van der Waals surface area contributed by atoms with Gasteiger partial charge in [0.25, 0.3) is 0 Å². The second-order valence-electron chi connectivity index (χ2n) is 7.02. The van der Waals surface area contributed by atoms with Crippen molar-refractivity contribution in [1.82, 2.24) is 29.4 Å². The zero-order valence-electron chi connectivity index (χ0n) is 17.8. The molecule has 3 aromatic rings. The highest BCUT2D eigenvalue weighted by molar-refractivity contribution is 5.89. The first-order valence-corrected chi connectivity index (χ1v) is 10.2. The minimum Gasteiger partial charge on any atom is -0.497 e. The zero-order valence-corrected chi connectivity index (χ0v) is 17.8. The first kappa shape index (κ1) is 20.1. The molecule has 0 fully saturated rings. The van der Waals surface area contributed by atoms with Crippen molar-refractivity contribution in [2.75, 3.05) is 26.8 Å². The van der Waals surface area contributed by atoms with E-state index >= 15 is 0 Å². The summed E-state index contributed by atoms with van der Waals surface area (Å²) < 4.78 is 14.4. The van der Waals surface area contributed by atoms with E-state index in [0.29, 0.717) is 25.3 Å². The lowest BCUT2D eigenvalue weighted by atomic mass is 10.1. The molecule has 0 radical (unpaired) electrons. The fraction of sp³-hybridized carbons (Fsp3) is 0.429. The van der Waals surface area contributed by atoms with E-state index in [1.807, 2.05) is 27.4 Å². The summed E-state index contributed by atoms with van der Waals surface area (Å²) in [7, 11) is 1.63. The molecule has 3 heterocycles. The molecule has 1 aliphatic heterocycles. The second kappa shape index (κ2) is 8.27. The lowest BCUT2D eigenvalue weighted by molar-refractivity contribution is 0.0519. The van der Waals surface area contributed by atoms with Gasteiger partial charge in [-0.25, -0.2) is 14.5 Å². The van der Waals surface area contributed by atoms with Crippen molar-refractivity contribution in [3.05, 3.63) is 47.3 Å². The van der Waals surface area contributed by atoms with Gasteiger partial charge >= 0.3 is 5.97 Å². The fourth-order valence-electron chi connectivity index (χ4n) is 3.77. The Kier molecular flexibility index (Phi) is 5.54. The average molecular weight is 410 g/mol. The van der Waals surface area contributed by atoms with Gasteiger partial charge in [0.2, 0.25) is 0 Å². The second-order valence-corrected chi connectivity index (χ2v) is 7.02. The third kappa shape index (κ3) is 3.35. The number of rotatable bonds is 7. The van der Waals surface area contributed by atoms with Crippen molar-refractivity contribution in [2.24, 2.45) is 0 Å². The van der Waals surface area contributed by atoms with Crippen LogP contribution >= 0.6 is 0 Å². The summed E-state index contributed by atoms with van der Waals surface area (Å²) in [6, 6.07) is 5.74. The Morgan fingerprint density at radius 2 is 1.97 bits per heavy atom. The summed E-state index contributed by atoms with van der Waals surface area (Å²) in [6.07, 6.45) is 2.13. The summed E-state index contributed by atoms with van der Waals surface area (Å²) in [6.45, 7) is 8.85. The van der Waals surface area contributed by atoms with Gasteiger partial charge < -0.3 is 9.47 Å². The molecule has 158 valence electrons. The van der Waals surface area contributed by atoms with Crippen LogP contribution in [0.5, 0.6) is 5.75 Å². The first-order chi connectivity index (χ1) is 14.6. The Morgan fingerprint density at radius 3 is 2.67 bits per heavy atom. The van der Waals surface area contributed by atoms with E-state index in [4.69, 9.17) is 9.47 Å². The van der Waals surface area contributed by atoms with E-state index in [1.165, 1.54) is 0 Å². The molecule has 2 aromatic heterocycles. The minimum absolute atomic E-state index is 0.297. The minimum atomic E-state index is -0.424. The summed E-state index contributed by atoms with van der Waals surface area (Å²) >= 11 is 0. The van der Waals surface area contributed by atoms with Crippen molar-refractivity contribution < 1.29 is 14.3 Å². The molecule has 1 aromatic carbocycles. The van der Waals surface area contributed by atoms with Crippen LogP contribution in [0.4, 0.5) is 0 Å². The molecule has 0 bridgehead atoms. The van der Waals surface area contributed by atoms with Crippen LogP contribution in [0.25, 0.3) is 11.4 Å². The van der Waals surface area contributed by atoms with Crippen LogP contribution in [-0.2, 0) is 17.7 Å². The third-order valence-electron chi connectivity index (χ3n) is 5.45. The average Bonchev–Trinajstić information content (AvgIpc) is 3.33. The topological polar surface area (TPSA) is 87.3 Å². The van der Waals surface area contributed by atoms with Crippen LogP contribution in [0, 0.1) is 0 Å². The summed E-state index contributed by atoms with van der Waals surface area (Å²) in [4.78, 5) is 19.2. The van der Waals surface area contributed by atoms with Crippen molar-refractivity contribution in [3.8, 4) is 17.1 Å². The van der Waals surface area contributed by atoms with Crippen molar-refractivity contribution in [1.29, 1.82) is 0 Å². The summed E-state index contributed by atoms with van der Waals surface area (Å²) in [5.74, 6) is 0.294. The van der Waals surface area contributed by atoms with E-state index in [0.717, 1.165) is 47.3 Å². The number of methoxy groups -OCH3 is 1. The fourth-order valence-corrected chi connectivity index (χ4v) is 3.77. The van der Waals surface area contributed by atoms with Crippen molar-refractivity contribution in [2.45, 2.75) is 33.7 Å². The molecule has 0 saturated carbocycles. The highest BCUT2D eigenvalue weighted by Crippen LogP contribution is 2.32. The van der Waals surface area contributed by atoms with Gasteiger partial charge in [0.1, 0.15) is 17.8 Å². The largest absolute Gasteiger partial charge is 0.497 e. The van der Waals surface area contributed by atoms with Crippen molar-refractivity contribution in [3.63, 3.8) is 0 Å². The lowest BCUT2D eigenvalue weighted by Gasteiger charge is -2.17. The van der Waals surface area contributed by atoms with Gasteiger partial charge in [0.15, 0.2) is 5.69 Å². The van der Waals surface area contributed by atoms with Crippen LogP contribution in [0.1, 0.15) is 48.3 Å². The monoisotopic (exact) mass is 410 g/mol. The molecule has 0 saturated heterocycles. The highest BCUT2D eigenvalue weighted by Gasteiger charge is 2.29. The number of hydrogen-bond acceptors (Lipinski definition) is 7. The van der Waals surface area contributed by atoms with Crippen LogP contribution in [-0.4, -0.2) is 62.2 Å². The number of fused-ring (bicyclic) bond motifs is 5. The Balaban J connectivity index is 1.91. The standard InChI is InChI=1S/C21H26N6O3/c1-5-25(6-2)12-15-17-11-19-20(21(28)30-7-3)22-13-26(19)16-9-8-14(29-4)10-18(16)27(17)24-23-15/h8-10,13H,5-7,11-12H2,1-4H3. The number of carbonyl (C=O) groups excluding carboxylic acids is 1. The highest BCUT2D eigenvalue weighted by atomic mass is 16.5. The number of ether oxygens (including phenoxy) is 2. The third-order valence-corrected chi connectivity index (χ3v) is 5.45. The maximum Gasteiger partial charge on any atom is 0.358 e. The number of aromatic nitrogens is 5. The van der Waals surface area contributed by atoms with Crippen LogP contribution in [0.15, 0.2) is 24.5 Å². The molecule has 0 atom stereocenters. The predicted octanol–water partition coefficient (Wildman–Crippen LogP) is 2.38. The van der Waals surface area contributed by atoms with Gasteiger partial charge in [-0.1, -0.05) is 19.1 Å². The molecule has 0 aliphatic carbocycles. The van der Waals surface area contributed by atoms with Gasteiger partial charge in [-0.2, -0.15) is 0 Å². The van der Waals surface area contributed by atoms with Gasteiger partial charge in [-0.3, -0.25) is 9.47 Å². The molecule has 30 heavy (non-hydrogen) atoms. The van der Waals surface area contributed by atoms with E-state index < -0.39 is 5.97 Å². The molecule has 1 aliphatic rings. The van der Waals surface area contributed by atoms with E-state index in [9.17, 15) is 4.79 Å². The molecule has 9 nitrogen and oxygen atoms in total. The molecule has 9 heteroatoms. The van der Waals surface area contributed by atoms with E-state index in [-0.39, 0.29) is 0 Å². The summed E-state index contributed by atoms with van der Waals surface area (Å²) in [5.41, 5.74) is 4.59. The molecule has 4 rings (SSSR count). The van der Waals surface area contributed by atoms with Gasteiger partial charge in [-0.05, 0) is 32.1 Å². The zero-order chi connectivity index (χ0) is 21.3. The van der Waals surface area contributed by atoms with E-state index in [1.54, 1.807) is 20.4 Å². The van der Waals surface area contributed by atoms with E-state index in [2.05, 4.69) is 34.0 Å². The number of hydrogen-bond donors (Lipinski definition) is 0. The number of carbonyl (C=O) groups is 1. The van der Waals surface area contributed by atoms with Gasteiger partial charge in [0, 0.05) is 19.0 Å². The summed E-state index contributed by atoms with van der Waals surface area (Å²) in [5, 5.41) is 8.95. The number of nitrogens with zero attached hydrogens (tertiary/aromatic N) is 6. The lowest BCUT2D eigenvalue weighted by Crippen LogP contribution is -2.23. The Bertz CT molecular complexity index is 1070. The number of imidazole rings is 1. The van der Waals surface area contributed by atoms with Crippen LogP contribution < -0.4 is 4.74 Å². The smallest absolute Gasteiger partial charge is 0.358 e. The maximum absolute atomic E-state index is 12.5. The number of esters is 1. The Labute approximate surface area is 175 Å². The molecule has 0 unspecified atom stereocenters. The molecular formula is C21H26N6O3.